The molecular formula is C28H39FO6. The highest BCUT2D eigenvalue weighted by Gasteiger charge is 2.78. The van der Waals surface area contributed by atoms with E-state index in [1.807, 2.05) is 20.8 Å². The van der Waals surface area contributed by atoms with E-state index in [0.29, 0.717) is 25.7 Å². The number of hydrogen-bond donors (Lipinski definition) is 1. The first-order valence-corrected chi connectivity index (χ1v) is 13.2. The van der Waals surface area contributed by atoms with Crippen LogP contribution in [0.5, 0.6) is 0 Å². The number of halogens is 1. The Labute approximate surface area is 207 Å². The zero-order chi connectivity index (χ0) is 25.4. The van der Waals surface area contributed by atoms with Gasteiger partial charge in [0, 0.05) is 30.3 Å². The van der Waals surface area contributed by atoms with Gasteiger partial charge in [0.15, 0.2) is 17.2 Å². The molecule has 35 heavy (non-hydrogen) atoms. The monoisotopic (exact) mass is 490 g/mol. The topological polar surface area (TPSA) is 82.1 Å². The number of ether oxygens (including phenoxy) is 3. The molecule has 1 aliphatic heterocycles. The van der Waals surface area contributed by atoms with Crippen LogP contribution in [0.3, 0.4) is 0 Å². The number of rotatable bonds is 4. The molecule has 1 spiro atoms. The lowest BCUT2D eigenvalue weighted by molar-refractivity contribution is -0.431. The van der Waals surface area contributed by atoms with Crippen molar-refractivity contribution in [2.45, 2.75) is 96.0 Å². The Bertz CT molecular complexity index is 992. The smallest absolute Gasteiger partial charge is 0.284 e. The number of Topliss-reactive ketones (excluding diaryl/α,β-unsaturated/α-hetero) is 1. The van der Waals surface area contributed by atoms with Gasteiger partial charge in [-0.25, -0.2) is 4.39 Å². The second-order valence-corrected chi connectivity index (χ2v) is 11.9. The molecule has 1 heterocycles. The van der Waals surface area contributed by atoms with Crippen molar-refractivity contribution in [3.8, 4) is 0 Å². The van der Waals surface area contributed by atoms with Gasteiger partial charge in [-0.15, -0.1) is 0 Å². The summed E-state index contributed by atoms with van der Waals surface area (Å²) in [6.07, 6.45) is 7.38. The molecule has 0 aromatic carbocycles. The van der Waals surface area contributed by atoms with Crippen LogP contribution in [0.1, 0.15) is 72.6 Å². The molecule has 1 saturated heterocycles. The maximum atomic E-state index is 17.4. The predicted molar refractivity (Wildman–Crippen MR) is 127 cm³/mol. The van der Waals surface area contributed by atoms with Crippen LogP contribution in [0, 0.1) is 28.6 Å². The fourth-order valence-electron chi connectivity index (χ4n) is 8.68. The first-order valence-electron chi connectivity index (χ1n) is 13.2. The second-order valence-electron chi connectivity index (χ2n) is 11.9. The number of aliphatic hydroxyl groups excluding tert-OH is 1. The van der Waals surface area contributed by atoms with E-state index >= 15 is 4.39 Å². The van der Waals surface area contributed by atoms with Crippen LogP contribution in [0.25, 0.3) is 0 Å². The van der Waals surface area contributed by atoms with Gasteiger partial charge in [0.25, 0.3) is 5.97 Å². The number of ketones is 2. The third-order valence-electron chi connectivity index (χ3n) is 10.5. The molecule has 1 N–H and O–H groups in total. The van der Waals surface area contributed by atoms with Crippen molar-refractivity contribution in [2.75, 3.05) is 13.7 Å². The van der Waals surface area contributed by atoms with Crippen LogP contribution in [-0.2, 0) is 23.8 Å². The third kappa shape index (κ3) is 3.01. The van der Waals surface area contributed by atoms with Gasteiger partial charge in [-0.05, 0) is 63.0 Å². The number of methoxy groups -OCH3 is 1. The normalized spacial score (nSPS) is 51.1. The Balaban J connectivity index is 1.59. The zero-order valence-corrected chi connectivity index (χ0v) is 21.6. The summed E-state index contributed by atoms with van der Waals surface area (Å²) >= 11 is 0. The van der Waals surface area contributed by atoms with Gasteiger partial charge in [-0.3, -0.25) is 9.59 Å². The number of unbranched alkanes of at least 4 members (excludes halogenated alkanes) is 1. The van der Waals surface area contributed by atoms with E-state index in [-0.39, 0.29) is 36.4 Å². The van der Waals surface area contributed by atoms with Gasteiger partial charge in [0.2, 0.25) is 0 Å². The summed E-state index contributed by atoms with van der Waals surface area (Å²) in [6, 6.07) is 0. The molecule has 7 heteroatoms. The van der Waals surface area contributed by atoms with Crippen molar-refractivity contribution >= 4 is 11.6 Å². The van der Waals surface area contributed by atoms with E-state index in [4.69, 9.17) is 14.2 Å². The molecule has 0 bridgehead atoms. The average molecular weight is 491 g/mol. The summed E-state index contributed by atoms with van der Waals surface area (Å²) in [5.41, 5.74) is -4.24. The highest BCUT2D eigenvalue weighted by molar-refractivity contribution is 6.01. The van der Waals surface area contributed by atoms with Gasteiger partial charge in [0.1, 0.15) is 12.2 Å². The fraction of sp³-hybridized carbons (Fsp3) is 0.786. The molecule has 9 atom stereocenters. The molecule has 5 aliphatic rings. The van der Waals surface area contributed by atoms with E-state index in [1.54, 1.807) is 12.2 Å². The molecule has 3 saturated carbocycles. The Morgan fingerprint density at radius 3 is 2.69 bits per heavy atom. The number of hydrogen-bond acceptors (Lipinski definition) is 6. The average Bonchev–Trinajstić information content (AvgIpc) is 3.03. The number of fused-ring (bicyclic) bond motifs is 6. The van der Waals surface area contributed by atoms with E-state index in [9.17, 15) is 14.7 Å². The number of aliphatic hydroxyl groups is 1. The van der Waals surface area contributed by atoms with E-state index < -0.39 is 40.1 Å². The molecule has 0 amide bonds. The molecule has 4 aliphatic carbocycles. The molecule has 6 nitrogen and oxygen atoms in total. The van der Waals surface area contributed by atoms with Crippen LogP contribution < -0.4 is 0 Å². The Hall–Kier alpha value is -1.41. The van der Waals surface area contributed by atoms with Crippen LogP contribution in [0.4, 0.5) is 4.39 Å². The standard InChI is InChI=1S/C28H39FO6/c1-6-7-11-26(33-5)34-16-23(32)28(35-26)17(2)13-21-20-9-8-18-14-19(30)10-12-24(18,3)27(20,29)22(31)15-25(21,28)4/h10,12,14,17,20-22,31H,6-9,11,13,15-16H2,1-5H3. The van der Waals surface area contributed by atoms with Crippen molar-refractivity contribution in [1.29, 1.82) is 0 Å². The largest absolute Gasteiger partial charge is 0.390 e. The van der Waals surface area contributed by atoms with Gasteiger partial charge in [-0.2, -0.15) is 0 Å². The summed E-state index contributed by atoms with van der Waals surface area (Å²) in [5.74, 6) is -2.43. The minimum absolute atomic E-state index is 0.0962. The van der Waals surface area contributed by atoms with Crippen molar-refractivity contribution < 1.29 is 33.3 Å². The number of alkyl halides is 1. The maximum Gasteiger partial charge on any atom is 0.284 e. The number of carbonyl (C=O) groups excluding carboxylic acids is 2. The highest BCUT2D eigenvalue weighted by atomic mass is 19.1. The molecular weight excluding hydrogens is 451 g/mol. The summed E-state index contributed by atoms with van der Waals surface area (Å²) in [5, 5.41) is 11.6. The minimum Gasteiger partial charge on any atom is -0.390 e. The van der Waals surface area contributed by atoms with E-state index in [1.165, 1.54) is 13.2 Å². The maximum absolute atomic E-state index is 17.4. The number of allylic oxidation sites excluding steroid dienone is 4. The first-order chi connectivity index (χ1) is 16.4. The Morgan fingerprint density at radius 1 is 1.26 bits per heavy atom. The van der Waals surface area contributed by atoms with Gasteiger partial charge < -0.3 is 19.3 Å². The van der Waals surface area contributed by atoms with Crippen molar-refractivity contribution in [2.24, 2.45) is 28.6 Å². The van der Waals surface area contributed by atoms with Crippen LogP contribution >= 0.6 is 0 Å². The lowest BCUT2D eigenvalue weighted by Gasteiger charge is -2.63. The van der Waals surface area contributed by atoms with Crippen molar-refractivity contribution in [1.82, 2.24) is 0 Å². The predicted octanol–water partition coefficient (Wildman–Crippen LogP) is 4.45. The van der Waals surface area contributed by atoms with Gasteiger partial charge in [0.05, 0.1) is 6.10 Å². The number of carbonyl (C=O) groups is 2. The fourth-order valence-corrected chi connectivity index (χ4v) is 8.68. The summed E-state index contributed by atoms with van der Waals surface area (Å²) in [7, 11) is 1.54. The SMILES string of the molecule is CCCCC1(OC)OCC(=O)C2(O1)C(C)CC1C3CCC4=CC(=O)C=CC4(C)C3(F)C(O)CC12C. The third-order valence-corrected chi connectivity index (χ3v) is 10.5. The lowest BCUT2D eigenvalue weighted by Crippen LogP contribution is -2.72. The van der Waals surface area contributed by atoms with E-state index in [2.05, 4.69) is 6.92 Å². The van der Waals surface area contributed by atoms with Crippen LogP contribution in [0.2, 0.25) is 0 Å². The van der Waals surface area contributed by atoms with Crippen LogP contribution in [0.15, 0.2) is 23.8 Å². The van der Waals surface area contributed by atoms with Crippen molar-refractivity contribution in [3.05, 3.63) is 23.8 Å². The quantitative estimate of drug-likeness (QED) is 0.627. The van der Waals surface area contributed by atoms with Gasteiger partial charge >= 0.3 is 0 Å². The second kappa shape index (κ2) is 8.04. The minimum atomic E-state index is -1.93. The first kappa shape index (κ1) is 25.2. The summed E-state index contributed by atoms with van der Waals surface area (Å²) in [6.45, 7) is 7.77. The summed E-state index contributed by atoms with van der Waals surface area (Å²) < 4.78 is 35.7. The van der Waals surface area contributed by atoms with Crippen molar-refractivity contribution in [3.63, 3.8) is 0 Å². The van der Waals surface area contributed by atoms with Crippen LogP contribution in [-0.4, -0.2) is 53.7 Å². The molecule has 0 aromatic rings. The van der Waals surface area contributed by atoms with Gasteiger partial charge in [-0.1, -0.05) is 38.8 Å². The molecule has 4 fully saturated rings. The zero-order valence-electron chi connectivity index (χ0n) is 21.6. The molecule has 9 unspecified atom stereocenters. The molecule has 5 rings (SSSR count). The summed E-state index contributed by atoms with van der Waals surface area (Å²) in [4.78, 5) is 25.8. The molecule has 0 radical (unpaired) electrons. The lowest BCUT2D eigenvalue weighted by atomic mass is 9.44. The van der Waals surface area contributed by atoms with E-state index in [0.717, 1.165) is 18.4 Å². The highest BCUT2D eigenvalue weighted by Crippen LogP contribution is 2.72. The molecule has 0 aromatic heterocycles. The molecule has 194 valence electrons. The Morgan fingerprint density at radius 2 is 2.00 bits per heavy atom. The Kier molecular flexibility index (Phi) is 5.80.